The van der Waals surface area contributed by atoms with E-state index in [-0.39, 0.29) is 11.8 Å². The van der Waals surface area contributed by atoms with Crippen LogP contribution < -0.4 is 11.1 Å². The molecule has 2 rings (SSSR count). The van der Waals surface area contributed by atoms with Gasteiger partial charge in [-0.15, -0.1) is 0 Å². The minimum atomic E-state index is 0.154. The van der Waals surface area contributed by atoms with Gasteiger partial charge in [-0.05, 0) is 47.8 Å². The first-order chi connectivity index (χ1) is 9.43. The van der Waals surface area contributed by atoms with Gasteiger partial charge in [-0.25, -0.2) is 0 Å². The highest BCUT2D eigenvalue weighted by Gasteiger charge is 2.45. The predicted octanol–water partition coefficient (Wildman–Crippen LogP) is 3.31. The summed E-state index contributed by atoms with van der Waals surface area (Å²) in [6, 6.07) is 7.79. The summed E-state index contributed by atoms with van der Waals surface area (Å²) in [5.74, 6) is 1.03. The molecular weight excluding hydrogens is 248 g/mol. The second-order valence-electron chi connectivity index (χ2n) is 6.57. The van der Waals surface area contributed by atoms with E-state index < -0.39 is 0 Å². The highest BCUT2D eigenvalue weighted by atomic mass is 16.1. The Hall–Kier alpha value is -1.51. The molecule has 0 radical (unpaired) electrons. The van der Waals surface area contributed by atoms with Gasteiger partial charge in [-0.3, -0.25) is 4.79 Å². The summed E-state index contributed by atoms with van der Waals surface area (Å²) in [6.45, 7) is 7.41. The van der Waals surface area contributed by atoms with E-state index in [0.717, 1.165) is 12.2 Å². The molecule has 0 bridgehead atoms. The number of hydrogen-bond acceptors (Lipinski definition) is 2. The van der Waals surface area contributed by atoms with Crippen molar-refractivity contribution in [1.29, 1.82) is 0 Å². The third-order valence-corrected chi connectivity index (χ3v) is 4.75. The first-order valence-corrected chi connectivity index (χ1v) is 7.55. The number of amides is 1. The number of nitrogen functional groups attached to an aromatic ring is 1. The molecule has 0 saturated heterocycles. The van der Waals surface area contributed by atoms with E-state index in [4.69, 9.17) is 5.73 Å². The van der Waals surface area contributed by atoms with Crippen molar-refractivity contribution in [2.45, 2.75) is 46.0 Å². The molecule has 1 unspecified atom stereocenters. The van der Waals surface area contributed by atoms with Gasteiger partial charge in [-0.1, -0.05) is 32.9 Å². The monoisotopic (exact) mass is 274 g/mol. The van der Waals surface area contributed by atoms with Crippen LogP contribution in [0, 0.1) is 11.3 Å². The molecule has 1 atom stereocenters. The average molecular weight is 274 g/mol. The Balaban J connectivity index is 1.81. The molecule has 3 N–H and O–H groups in total. The fourth-order valence-electron chi connectivity index (χ4n) is 2.69. The molecule has 1 saturated carbocycles. The lowest BCUT2D eigenvalue weighted by Crippen LogP contribution is -2.33. The predicted molar refractivity (Wildman–Crippen MR) is 83.4 cm³/mol. The largest absolute Gasteiger partial charge is 0.399 e. The molecular formula is C17H26N2O. The van der Waals surface area contributed by atoms with Gasteiger partial charge in [0, 0.05) is 18.7 Å². The molecule has 0 aromatic heterocycles. The Morgan fingerprint density at radius 1 is 1.25 bits per heavy atom. The molecule has 3 nitrogen and oxygen atoms in total. The number of nitrogens with two attached hydrogens (primary N) is 1. The fourth-order valence-corrected chi connectivity index (χ4v) is 2.69. The van der Waals surface area contributed by atoms with E-state index in [0.29, 0.717) is 17.8 Å². The van der Waals surface area contributed by atoms with Crippen molar-refractivity contribution in [2.75, 3.05) is 12.3 Å². The summed E-state index contributed by atoms with van der Waals surface area (Å²) < 4.78 is 0. The number of hydrogen-bond donors (Lipinski definition) is 2. The Bertz CT molecular complexity index is 460. The van der Waals surface area contributed by atoms with Crippen molar-refractivity contribution in [3.8, 4) is 0 Å². The van der Waals surface area contributed by atoms with Gasteiger partial charge in [0.2, 0.25) is 5.91 Å². The van der Waals surface area contributed by atoms with Crippen LogP contribution in [-0.2, 0) is 4.79 Å². The maximum atomic E-state index is 12.1. The highest BCUT2D eigenvalue weighted by Crippen LogP contribution is 2.51. The van der Waals surface area contributed by atoms with Crippen LogP contribution in [0.1, 0.15) is 51.5 Å². The van der Waals surface area contributed by atoms with Crippen LogP contribution >= 0.6 is 0 Å². The van der Waals surface area contributed by atoms with Gasteiger partial charge in [0.25, 0.3) is 0 Å². The first-order valence-electron chi connectivity index (χ1n) is 7.55. The lowest BCUT2D eigenvalue weighted by atomic mass is 9.92. The molecule has 0 aliphatic heterocycles. The van der Waals surface area contributed by atoms with Gasteiger partial charge in [0.05, 0.1) is 0 Å². The first kappa shape index (κ1) is 14.9. The fraction of sp³-hybridized carbons (Fsp3) is 0.588. The summed E-state index contributed by atoms with van der Waals surface area (Å²) in [7, 11) is 0. The average Bonchev–Trinajstić information content (AvgIpc) is 3.18. The summed E-state index contributed by atoms with van der Waals surface area (Å²) in [5.41, 5.74) is 7.98. The Morgan fingerprint density at radius 2 is 1.85 bits per heavy atom. The number of rotatable bonds is 6. The van der Waals surface area contributed by atoms with Crippen LogP contribution in [0.4, 0.5) is 5.69 Å². The lowest BCUT2D eigenvalue weighted by Gasteiger charge is -2.20. The van der Waals surface area contributed by atoms with Gasteiger partial charge in [0.1, 0.15) is 0 Å². The molecule has 1 fully saturated rings. The quantitative estimate of drug-likeness (QED) is 0.782. The number of anilines is 1. The second kappa shape index (κ2) is 5.86. The van der Waals surface area contributed by atoms with Crippen molar-refractivity contribution in [3.63, 3.8) is 0 Å². The third kappa shape index (κ3) is 3.53. The molecule has 1 aromatic carbocycles. The summed E-state index contributed by atoms with van der Waals surface area (Å²) in [5, 5.41) is 3.12. The molecule has 1 aromatic rings. The lowest BCUT2D eigenvalue weighted by molar-refractivity contribution is -0.121. The standard InChI is InChI=1S/C17H26N2O/c1-12(2)17(8-9-17)11-19-16(20)10-13(3)14-4-6-15(18)7-5-14/h4-7,12-13H,8-11,18H2,1-3H3,(H,19,20). The SMILES string of the molecule is CC(CC(=O)NCC1(C(C)C)CC1)c1ccc(N)cc1. The molecule has 1 aliphatic carbocycles. The minimum Gasteiger partial charge on any atom is -0.399 e. The van der Waals surface area contributed by atoms with Gasteiger partial charge in [-0.2, -0.15) is 0 Å². The van der Waals surface area contributed by atoms with Crippen molar-refractivity contribution in [1.82, 2.24) is 5.32 Å². The summed E-state index contributed by atoms with van der Waals surface area (Å²) >= 11 is 0. The maximum absolute atomic E-state index is 12.1. The van der Waals surface area contributed by atoms with E-state index in [1.807, 2.05) is 24.3 Å². The van der Waals surface area contributed by atoms with Crippen LogP contribution in [0.2, 0.25) is 0 Å². The van der Waals surface area contributed by atoms with E-state index in [2.05, 4.69) is 26.1 Å². The topological polar surface area (TPSA) is 55.1 Å². The van der Waals surface area contributed by atoms with Crippen molar-refractivity contribution < 1.29 is 4.79 Å². The maximum Gasteiger partial charge on any atom is 0.220 e. The Kier molecular flexibility index (Phi) is 4.36. The molecule has 3 heteroatoms. The Morgan fingerprint density at radius 3 is 2.35 bits per heavy atom. The van der Waals surface area contributed by atoms with E-state index in [1.165, 1.54) is 18.4 Å². The molecule has 1 aliphatic rings. The molecule has 110 valence electrons. The number of carbonyl (C=O) groups excluding carboxylic acids is 1. The van der Waals surface area contributed by atoms with Crippen LogP contribution in [0.5, 0.6) is 0 Å². The van der Waals surface area contributed by atoms with Gasteiger partial charge < -0.3 is 11.1 Å². The smallest absolute Gasteiger partial charge is 0.220 e. The van der Waals surface area contributed by atoms with Crippen molar-refractivity contribution in [3.05, 3.63) is 29.8 Å². The zero-order valence-electron chi connectivity index (χ0n) is 12.8. The van der Waals surface area contributed by atoms with E-state index in [1.54, 1.807) is 0 Å². The van der Waals surface area contributed by atoms with Crippen LogP contribution in [-0.4, -0.2) is 12.5 Å². The van der Waals surface area contributed by atoms with Gasteiger partial charge >= 0.3 is 0 Å². The van der Waals surface area contributed by atoms with Crippen LogP contribution in [0.3, 0.4) is 0 Å². The van der Waals surface area contributed by atoms with E-state index in [9.17, 15) is 4.79 Å². The van der Waals surface area contributed by atoms with Gasteiger partial charge in [0.15, 0.2) is 0 Å². The molecule has 1 amide bonds. The summed E-state index contributed by atoms with van der Waals surface area (Å²) in [6.07, 6.45) is 3.04. The molecule has 0 spiro atoms. The third-order valence-electron chi connectivity index (χ3n) is 4.75. The number of benzene rings is 1. The normalized spacial score (nSPS) is 17.8. The van der Waals surface area contributed by atoms with Crippen LogP contribution in [0.25, 0.3) is 0 Å². The zero-order chi connectivity index (χ0) is 14.8. The Labute approximate surface area is 121 Å². The van der Waals surface area contributed by atoms with Crippen molar-refractivity contribution in [2.24, 2.45) is 11.3 Å². The van der Waals surface area contributed by atoms with Crippen LogP contribution in [0.15, 0.2) is 24.3 Å². The van der Waals surface area contributed by atoms with Crippen molar-refractivity contribution >= 4 is 11.6 Å². The molecule has 20 heavy (non-hydrogen) atoms. The minimum absolute atomic E-state index is 0.154. The van der Waals surface area contributed by atoms with E-state index >= 15 is 0 Å². The zero-order valence-corrected chi connectivity index (χ0v) is 12.8. The number of nitrogens with one attached hydrogen (secondary N) is 1. The number of carbonyl (C=O) groups is 1. The highest BCUT2D eigenvalue weighted by molar-refractivity contribution is 5.77. The molecule has 0 heterocycles. The summed E-state index contributed by atoms with van der Waals surface area (Å²) in [4.78, 5) is 12.1. The second-order valence-corrected chi connectivity index (χ2v) is 6.57.